The summed E-state index contributed by atoms with van der Waals surface area (Å²) in [7, 11) is 0. The van der Waals surface area contributed by atoms with Crippen LogP contribution in [0.3, 0.4) is 0 Å². The highest BCUT2D eigenvalue weighted by Gasteiger charge is 2.39. The highest BCUT2D eigenvalue weighted by atomic mass is 79.9. The Bertz CT molecular complexity index is 443. The Labute approximate surface area is 127 Å². The van der Waals surface area contributed by atoms with E-state index in [4.69, 9.17) is 11.6 Å². The fraction of sp³-hybridized carbons (Fsp3) is 0.571. The second-order valence-corrected chi connectivity index (χ2v) is 6.39. The summed E-state index contributed by atoms with van der Waals surface area (Å²) in [5.41, 5.74) is 0.749. The third-order valence-electron chi connectivity index (χ3n) is 4.01. The Hall–Kier alpha value is -0.290. The van der Waals surface area contributed by atoms with Crippen molar-refractivity contribution in [2.75, 3.05) is 25.0 Å². The predicted octanol–water partition coefficient (Wildman–Crippen LogP) is 3.27. The first kappa shape index (κ1) is 15.1. The lowest BCUT2D eigenvalue weighted by atomic mass is 9.77. The lowest BCUT2D eigenvalue weighted by Gasteiger charge is -2.44. The second kappa shape index (κ2) is 6.44. The molecule has 0 bridgehead atoms. The van der Waals surface area contributed by atoms with E-state index < -0.39 is 0 Å². The van der Waals surface area contributed by atoms with Crippen molar-refractivity contribution in [3.8, 4) is 0 Å². The molecule has 0 aromatic heterocycles. The Morgan fingerprint density at radius 3 is 3.00 bits per heavy atom. The average molecular weight is 348 g/mol. The molecule has 0 amide bonds. The molecule has 2 unspecified atom stereocenters. The van der Waals surface area contributed by atoms with Gasteiger partial charge in [0.1, 0.15) is 0 Å². The van der Waals surface area contributed by atoms with E-state index in [0.29, 0.717) is 10.9 Å². The number of halogens is 2. The fourth-order valence-electron chi connectivity index (χ4n) is 2.80. The molecule has 1 fully saturated rings. The van der Waals surface area contributed by atoms with Gasteiger partial charge in [0.2, 0.25) is 0 Å². The van der Waals surface area contributed by atoms with Gasteiger partial charge in [0, 0.05) is 16.7 Å². The van der Waals surface area contributed by atoms with E-state index >= 15 is 0 Å². The van der Waals surface area contributed by atoms with Crippen molar-refractivity contribution in [3.63, 3.8) is 0 Å². The van der Waals surface area contributed by atoms with Crippen LogP contribution in [0.5, 0.6) is 0 Å². The van der Waals surface area contributed by atoms with Crippen molar-refractivity contribution in [1.82, 2.24) is 5.32 Å². The second-order valence-electron chi connectivity index (χ2n) is 5.13. The minimum absolute atomic E-state index is 0.146. The van der Waals surface area contributed by atoms with Crippen LogP contribution in [-0.2, 0) is 0 Å². The molecular weight excluding hydrogens is 328 g/mol. The van der Waals surface area contributed by atoms with Gasteiger partial charge in [0.25, 0.3) is 0 Å². The molecule has 1 heterocycles. The summed E-state index contributed by atoms with van der Waals surface area (Å²) in [6, 6.07) is 5.79. The molecule has 1 aliphatic heterocycles. The predicted molar refractivity (Wildman–Crippen MR) is 83.9 cm³/mol. The minimum Gasteiger partial charge on any atom is -0.394 e. The molecule has 2 rings (SSSR count). The summed E-state index contributed by atoms with van der Waals surface area (Å²) in [6.45, 7) is 4.19. The molecule has 3 N–H and O–H groups in total. The summed E-state index contributed by atoms with van der Waals surface area (Å²) in [5.74, 6) is 0.417. The molecular formula is C14H20BrClN2O. The quantitative estimate of drug-likeness (QED) is 0.783. The first-order chi connectivity index (χ1) is 9.11. The van der Waals surface area contributed by atoms with E-state index in [9.17, 15) is 5.11 Å². The third-order valence-corrected chi connectivity index (χ3v) is 5.22. The lowest BCUT2D eigenvalue weighted by Crippen LogP contribution is -2.57. The number of piperidine rings is 1. The van der Waals surface area contributed by atoms with Crippen molar-refractivity contribution in [3.05, 3.63) is 27.7 Å². The lowest BCUT2D eigenvalue weighted by molar-refractivity contribution is 0.124. The van der Waals surface area contributed by atoms with Gasteiger partial charge in [-0.15, -0.1) is 0 Å². The highest BCUT2D eigenvalue weighted by molar-refractivity contribution is 9.10. The van der Waals surface area contributed by atoms with Gasteiger partial charge >= 0.3 is 0 Å². The van der Waals surface area contributed by atoms with Crippen LogP contribution < -0.4 is 10.6 Å². The standard InChI is InChI=1S/C14H20BrClN2O/c1-2-10-8-17-6-5-14(10,9-19)18-11-3-4-13(16)12(15)7-11/h3-4,7,10,17-19H,2,5-6,8-9H2,1H3. The summed E-state index contributed by atoms with van der Waals surface area (Å²) < 4.78 is 0.870. The van der Waals surface area contributed by atoms with E-state index in [1.54, 1.807) is 0 Å². The third kappa shape index (κ3) is 3.24. The topological polar surface area (TPSA) is 44.3 Å². The maximum atomic E-state index is 9.90. The normalized spacial score (nSPS) is 27.3. The number of hydrogen-bond donors (Lipinski definition) is 3. The first-order valence-corrected chi connectivity index (χ1v) is 7.83. The molecule has 19 heavy (non-hydrogen) atoms. The molecule has 0 aliphatic carbocycles. The Balaban J connectivity index is 2.23. The van der Waals surface area contributed by atoms with E-state index in [1.165, 1.54) is 0 Å². The number of anilines is 1. The van der Waals surface area contributed by atoms with Gasteiger partial charge in [0.15, 0.2) is 0 Å². The van der Waals surface area contributed by atoms with Crippen LogP contribution in [0.2, 0.25) is 5.02 Å². The van der Waals surface area contributed by atoms with Crippen molar-refractivity contribution in [2.24, 2.45) is 5.92 Å². The molecule has 0 spiro atoms. The monoisotopic (exact) mass is 346 g/mol. The summed E-state index contributed by atoms with van der Waals surface area (Å²) in [4.78, 5) is 0. The Morgan fingerprint density at radius 1 is 1.58 bits per heavy atom. The van der Waals surface area contributed by atoms with Crippen LogP contribution in [-0.4, -0.2) is 30.3 Å². The molecule has 106 valence electrons. The number of aliphatic hydroxyl groups excluding tert-OH is 1. The van der Waals surface area contributed by atoms with E-state index in [-0.39, 0.29) is 12.1 Å². The zero-order chi connectivity index (χ0) is 13.9. The largest absolute Gasteiger partial charge is 0.394 e. The van der Waals surface area contributed by atoms with Gasteiger partial charge in [0.05, 0.1) is 17.2 Å². The number of rotatable bonds is 4. The molecule has 0 radical (unpaired) electrons. The Kier molecular flexibility index (Phi) is 5.12. The highest BCUT2D eigenvalue weighted by Crippen LogP contribution is 2.33. The van der Waals surface area contributed by atoms with Crippen LogP contribution in [0.1, 0.15) is 19.8 Å². The minimum atomic E-state index is -0.243. The van der Waals surface area contributed by atoms with Crippen LogP contribution in [0.4, 0.5) is 5.69 Å². The number of nitrogens with one attached hydrogen (secondary N) is 2. The Morgan fingerprint density at radius 2 is 2.37 bits per heavy atom. The van der Waals surface area contributed by atoms with Crippen molar-refractivity contribution in [1.29, 1.82) is 0 Å². The van der Waals surface area contributed by atoms with Crippen LogP contribution in [0.25, 0.3) is 0 Å². The van der Waals surface area contributed by atoms with Gasteiger partial charge < -0.3 is 15.7 Å². The van der Waals surface area contributed by atoms with Gasteiger partial charge in [-0.05, 0) is 59.4 Å². The number of aliphatic hydroxyl groups is 1. The van der Waals surface area contributed by atoms with Crippen LogP contribution >= 0.6 is 27.5 Å². The van der Waals surface area contributed by atoms with Crippen LogP contribution in [0, 0.1) is 5.92 Å². The molecule has 0 saturated carbocycles. The average Bonchev–Trinajstić information content (AvgIpc) is 2.43. The first-order valence-electron chi connectivity index (χ1n) is 6.66. The van der Waals surface area contributed by atoms with E-state index in [0.717, 1.165) is 36.1 Å². The van der Waals surface area contributed by atoms with Crippen molar-refractivity contribution in [2.45, 2.75) is 25.3 Å². The number of benzene rings is 1. The van der Waals surface area contributed by atoms with Crippen molar-refractivity contribution >= 4 is 33.2 Å². The molecule has 1 saturated heterocycles. The summed E-state index contributed by atoms with van der Waals surface area (Å²) >= 11 is 9.45. The maximum Gasteiger partial charge on any atom is 0.0665 e. The molecule has 1 aromatic carbocycles. The molecule has 2 atom stereocenters. The molecule has 5 heteroatoms. The molecule has 1 aliphatic rings. The van der Waals surface area contributed by atoms with E-state index in [2.05, 4.69) is 33.5 Å². The van der Waals surface area contributed by atoms with Crippen molar-refractivity contribution < 1.29 is 5.11 Å². The summed E-state index contributed by atoms with van der Waals surface area (Å²) in [5, 5.41) is 17.5. The molecule has 3 nitrogen and oxygen atoms in total. The van der Waals surface area contributed by atoms with E-state index in [1.807, 2.05) is 18.2 Å². The van der Waals surface area contributed by atoms with Gasteiger partial charge in [-0.25, -0.2) is 0 Å². The number of hydrogen-bond acceptors (Lipinski definition) is 3. The summed E-state index contributed by atoms with van der Waals surface area (Å²) in [6.07, 6.45) is 1.96. The SMILES string of the molecule is CCC1CNCCC1(CO)Nc1ccc(Cl)c(Br)c1. The van der Waals surface area contributed by atoms with Gasteiger partial charge in [-0.2, -0.15) is 0 Å². The smallest absolute Gasteiger partial charge is 0.0665 e. The fourth-order valence-corrected chi connectivity index (χ4v) is 3.29. The zero-order valence-corrected chi connectivity index (χ0v) is 13.4. The molecule has 1 aromatic rings. The zero-order valence-electron chi connectivity index (χ0n) is 11.0. The van der Waals surface area contributed by atoms with Crippen LogP contribution in [0.15, 0.2) is 22.7 Å². The maximum absolute atomic E-state index is 9.90. The van der Waals surface area contributed by atoms with Gasteiger partial charge in [-0.3, -0.25) is 0 Å². The van der Waals surface area contributed by atoms with Gasteiger partial charge in [-0.1, -0.05) is 18.5 Å².